The minimum Gasteiger partial charge on any atom is -0.497 e. The summed E-state index contributed by atoms with van der Waals surface area (Å²) in [5.74, 6) is 0.362. The molecule has 2 amide bonds. The summed E-state index contributed by atoms with van der Waals surface area (Å²) in [6.45, 7) is 0. The fraction of sp³-hybridized carbons (Fsp3) is 0.0909. The van der Waals surface area contributed by atoms with E-state index < -0.39 is 0 Å². The standard InChI is InChI=1S/C11H8BrNO3S/c1-16-7-3-2-6(8(12)5-7)4-9-10(14)13-11(15)17-9/h2-5H,1H3,(H,13,14,15). The normalized spacial score (nSPS) is 17.4. The Kier molecular flexibility index (Phi) is 3.54. The lowest BCUT2D eigenvalue weighted by atomic mass is 10.2. The number of halogens is 1. The quantitative estimate of drug-likeness (QED) is 0.853. The molecule has 1 aliphatic heterocycles. The van der Waals surface area contributed by atoms with E-state index in [-0.39, 0.29) is 11.1 Å². The van der Waals surface area contributed by atoms with E-state index in [1.165, 1.54) is 0 Å². The van der Waals surface area contributed by atoms with E-state index in [2.05, 4.69) is 21.2 Å². The summed E-state index contributed by atoms with van der Waals surface area (Å²) in [6.07, 6.45) is 1.66. The lowest BCUT2D eigenvalue weighted by Gasteiger charge is -2.03. The van der Waals surface area contributed by atoms with E-state index in [9.17, 15) is 9.59 Å². The molecule has 0 unspecified atom stereocenters. The van der Waals surface area contributed by atoms with E-state index in [1.807, 2.05) is 6.07 Å². The van der Waals surface area contributed by atoms with E-state index in [4.69, 9.17) is 4.74 Å². The van der Waals surface area contributed by atoms with Crippen LogP contribution in [0.3, 0.4) is 0 Å². The second kappa shape index (κ2) is 4.93. The van der Waals surface area contributed by atoms with Crippen molar-refractivity contribution in [2.45, 2.75) is 0 Å². The molecular weight excluding hydrogens is 306 g/mol. The van der Waals surface area contributed by atoms with Gasteiger partial charge >= 0.3 is 0 Å². The molecule has 88 valence electrons. The minimum absolute atomic E-state index is 0.342. The van der Waals surface area contributed by atoms with Crippen molar-refractivity contribution in [1.29, 1.82) is 0 Å². The molecule has 0 aliphatic carbocycles. The van der Waals surface area contributed by atoms with Crippen LogP contribution in [0, 0.1) is 0 Å². The van der Waals surface area contributed by atoms with E-state index in [0.717, 1.165) is 27.5 Å². The molecule has 0 bridgehead atoms. The maximum absolute atomic E-state index is 11.4. The zero-order valence-corrected chi connectivity index (χ0v) is 11.2. The third-order valence-electron chi connectivity index (χ3n) is 2.14. The van der Waals surface area contributed by atoms with Crippen LogP contribution >= 0.6 is 27.7 Å². The second-order valence-corrected chi connectivity index (χ2v) is 5.11. The first-order chi connectivity index (χ1) is 8.10. The highest BCUT2D eigenvalue weighted by Crippen LogP contribution is 2.30. The van der Waals surface area contributed by atoms with Crippen molar-refractivity contribution < 1.29 is 14.3 Å². The summed E-state index contributed by atoms with van der Waals surface area (Å²) < 4.78 is 5.87. The van der Waals surface area contributed by atoms with E-state index in [1.54, 1.807) is 25.3 Å². The topological polar surface area (TPSA) is 55.4 Å². The Labute approximate surface area is 111 Å². The lowest BCUT2D eigenvalue weighted by molar-refractivity contribution is -0.115. The Balaban J connectivity index is 2.33. The fourth-order valence-electron chi connectivity index (χ4n) is 1.31. The predicted octanol–water partition coefficient (Wildman–Crippen LogP) is 2.78. The van der Waals surface area contributed by atoms with Crippen LogP contribution in [0.5, 0.6) is 5.75 Å². The number of rotatable bonds is 2. The van der Waals surface area contributed by atoms with Crippen molar-refractivity contribution in [3.8, 4) is 5.75 Å². The number of hydrogen-bond acceptors (Lipinski definition) is 4. The van der Waals surface area contributed by atoms with Gasteiger partial charge in [-0.25, -0.2) is 0 Å². The van der Waals surface area contributed by atoms with Crippen LogP contribution in [0.15, 0.2) is 27.6 Å². The smallest absolute Gasteiger partial charge is 0.290 e. The average molecular weight is 314 g/mol. The maximum Gasteiger partial charge on any atom is 0.290 e. The van der Waals surface area contributed by atoms with Crippen LogP contribution in [0.25, 0.3) is 6.08 Å². The Hall–Kier alpha value is -1.27. The molecule has 0 spiro atoms. The molecular formula is C11H8BrNO3S. The van der Waals surface area contributed by atoms with Crippen LogP contribution in [-0.4, -0.2) is 18.3 Å². The second-order valence-electron chi connectivity index (χ2n) is 3.24. The Morgan fingerprint density at radius 1 is 1.41 bits per heavy atom. The van der Waals surface area contributed by atoms with Gasteiger partial charge in [0.1, 0.15) is 5.75 Å². The number of thioether (sulfide) groups is 1. The molecule has 0 saturated carbocycles. The van der Waals surface area contributed by atoms with Gasteiger partial charge in [0, 0.05) is 4.47 Å². The lowest BCUT2D eigenvalue weighted by Crippen LogP contribution is -2.17. The molecule has 1 saturated heterocycles. The molecule has 1 heterocycles. The van der Waals surface area contributed by atoms with Gasteiger partial charge in [0.05, 0.1) is 12.0 Å². The zero-order valence-electron chi connectivity index (χ0n) is 8.82. The van der Waals surface area contributed by atoms with Gasteiger partial charge in [-0.2, -0.15) is 0 Å². The van der Waals surface area contributed by atoms with Crippen molar-refractivity contribution in [2.75, 3.05) is 7.11 Å². The molecule has 0 atom stereocenters. The third-order valence-corrected chi connectivity index (χ3v) is 3.63. The van der Waals surface area contributed by atoms with Gasteiger partial charge in [0.15, 0.2) is 0 Å². The van der Waals surface area contributed by atoms with Crippen LogP contribution in [0.4, 0.5) is 4.79 Å². The van der Waals surface area contributed by atoms with Gasteiger partial charge in [-0.3, -0.25) is 14.9 Å². The van der Waals surface area contributed by atoms with E-state index >= 15 is 0 Å². The minimum atomic E-state index is -0.359. The number of methoxy groups -OCH3 is 1. The van der Waals surface area contributed by atoms with Crippen LogP contribution in [0.2, 0.25) is 0 Å². The van der Waals surface area contributed by atoms with Crippen molar-refractivity contribution >= 4 is 44.9 Å². The first-order valence-electron chi connectivity index (χ1n) is 4.68. The number of amides is 2. The molecule has 0 radical (unpaired) electrons. The molecule has 1 aromatic carbocycles. The van der Waals surface area contributed by atoms with Crippen molar-refractivity contribution in [1.82, 2.24) is 5.32 Å². The summed E-state index contributed by atoms with van der Waals surface area (Å²) in [4.78, 5) is 22.8. The Bertz CT molecular complexity index is 527. The molecule has 4 nitrogen and oxygen atoms in total. The maximum atomic E-state index is 11.4. The predicted molar refractivity (Wildman–Crippen MR) is 69.8 cm³/mol. The first-order valence-corrected chi connectivity index (χ1v) is 6.29. The number of imide groups is 1. The number of hydrogen-bond donors (Lipinski definition) is 1. The number of carbonyl (C=O) groups is 2. The van der Waals surface area contributed by atoms with Crippen molar-refractivity contribution in [2.24, 2.45) is 0 Å². The van der Waals surface area contributed by atoms with Gasteiger partial charge in [-0.15, -0.1) is 0 Å². The van der Waals surface area contributed by atoms with Crippen LogP contribution in [0.1, 0.15) is 5.56 Å². The molecule has 2 rings (SSSR count). The summed E-state index contributed by atoms with van der Waals surface area (Å²) >= 11 is 4.28. The third kappa shape index (κ3) is 2.70. The molecule has 1 aromatic rings. The number of benzene rings is 1. The molecule has 0 aromatic heterocycles. The monoisotopic (exact) mass is 313 g/mol. The van der Waals surface area contributed by atoms with Gasteiger partial charge in [-0.1, -0.05) is 22.0 Å². The van der Waals surface area contributed by atoms with Gasteiger partial charge in [0.25, 0.3) is 11.1 Å². The summed E-state index contributed by atoms with van der Waals surface area (Å²) in [5, 5.41) is 1.86. The van der Waals surface area contributed by atoms with E-state index in [0.29, 0.717) is 4.91 Å². The highest BCUT2D eigenvalue weighted by molar-refractivity contribution is 9.10. The molecule has 6 heteroatoms. The zero-order chi connectivity index (χ0) is 12.4. The number of ether oxygens (including phenoxy) is 1. The SMILES string of the molecule is COc1ccc(C=C2SC(=O)NC2=O)c(Br)c1. The Morgan fingerprint density at radius 3 is 2.71 bits per heavy atom. The van der Waals surface area contributed by atoms with Gasteiger partial charge in [-0.05, 0) is 35.5 Å². The highest BCUT2D eigenvalue weighted by atomic mass is 79.9. The fourth-order valence-corrected chi connectivity index (χ4v) is 2.46. The first kappa shape index (κ1) is 12.2. The van der Waals surface area contributed by atoms with Gasteiger partial charge in [0.2, 0.25) is 0 Å². The molecule has 1 aliphatic rings. The number of carbonyl (C=O) groups excluding carboxylic acids is 2. The van der Waals surface area contributed by atoms with Crippen LogP contribution in [-0.2, 0) is 4.79 Å². The van der Waals surface area contributed by atoms with Crippen molar-refractivity contribution in [3.05, 3.63) is 33.1 Å². The summed E-state index contributed by atoms with van der Waals surface area (Å²) in [6, 6.07) is 5.40. The Morgan fingerprint density at radius 2 is 2.18 bits per heavy atom. The number of nitrogens with one attached hydrogen (secondary N) is 1. The van der Waals surface area contributed by atoms with Gasteiger partial charge < -0.3 is 4.74 Å². The molecule has 17 heavy (non-hydrogen) atoms. The molecule has 1 fully saturated rings. The largest absolute Gasteiger partial charge is 0.497 e. The summed E-state index contributed by atoms with van der Waals surface area (Å²) in [7, 11) is 1.58. The highest BCUT2D eigenvalue weighted by Gasteiger charge is 2.25. The van der Waals surface area contributed by atoms with Crippen LogP contribution < -0.4 is 10.1 Å². The average Bonchev–Trinajstić information content (AvgIpc) is 2.60. The molecule has 1 N–H and O–H groups in total. The summed E-state index contributed by atoms with van der Waals surface area (Å²) in [5.41, 5.74) is 0.818. The van der Waals surface area contributed by atoms with Crippen molar-refractivity contribution in [3.63, 3.8) is 0 Å².